The van der Waals surface area contributed by atoms with Crippen molar-refractivity contribution < 1.29 is 32.6 Å². The van der Waals surface area contributed by atoms with E-state index in [0.717, 1.165) is 6.42 Å². The molecule has 23 heavy (non-hydrogen) atoms. The molecular formula is C15H18F3NO4. The van der Waals surface area contributed by atoms with Crippen molar-refractivity contribution in [2.75, 3.05) is 6.61 Å². The molecule has 3 N–H and O–H groups in total. The standard InChI is InChI=1S/C15H18F3NO4/c1-2-3-6-23-14(22)15(19,13(20)21)5-4-9-7-11(17)12(18)8-10(9)16/h7-8H,2-6,19H2,1H3,(H,20,21). The van der Waals surface area contributed by atoms with Crippen molar-refractivity contribution >= 4 is 11.9 Å². The first-order valence-electron chi connectivity index (χ1n) is 7.05. The molecule has 1 atom stereocenters. The van der Waals surface area contributed by atoms with Crippen LogP contribution in [0.2, 0.25) is 0 Å². The van der Waals surface area contributed by atoms with E-state index in [4.69, 9.17) is 15.6 Å². The fraction of sp³-hybridized carbons (Fsp3) is 0.467. The van der Waals surface area contributed by atoms with Gasteiger partial charge in [-0.05, 0) is 30.9 Å². The Balaban J connectivity index is 2.86. The molecule has 8 heteroatoms. The van der Waals surface area contributed by atoms with E-state index in [1.165, 1.54) is 0 Å². The predicted octanol–water partition coefficient (Wildman–Crippen LogP) is 2.16. The molecule has 0 saturated heterocycles. The van der Waals surface area contributed by atoms with Gasteiger partial charge in [0.25, 0.3) is 0 Å². The first kappa shape index (κ1) is 19.0. The molecule has 0 heterocycles. The van der Waals surface area contributed by atoms with Crippen LogP contribution in [0, 0.1) is 17.5 Å². The van der Waals surface area contributed by atoms with Crippen LogP contribution in [0.4, 0.5) is 13.2 Å². The molecule has 0 aliphatic carbocycles. The van der Waals surface area contributed by atoms with Crippen molar-refractivity contribution in [3.05, 3.63) is 35.1 Å². The van der Waals surface area contributed by atoms with Gasteiger partial charge in [0.2, 0.25) is 5.54 Å². The van der Waals surface area contributed by atoms with E-state index < -0.39 is 41.4 Å². The molecule has 0 aromatic heterocycles. The number of hydrogen-bond donors (Lipinski definition) is 2. The number of rotatable bonds is 8. The van der Waals surface area contributed by atoms with Gasteiger partial charge in [-0.2, -0.15) is 0 Å². The number of benzene rings is 1. The highest BCUT2D eigenvalue weighted by Gasteiger charge is 2.43. The molecule has 0 spiro atoms. The van der Waals surface area contributed by atoms with Gasteiger partial charge in [-0.25, -0.2) is 22.8 Å². The van der Waals surface area contributed by atoms with Crippen molar-refractivity contribution in [1.29, 1.82) is 0 Å². The molecule has 1 rings (SSSR count). The van der Waals surface area contributed by atoms with Crippen molar-refractivity contribution in [1.82, 2.24) is 0 Å². The van der Waals surface area contributed by atoms with Gasteiger partial charge in [0.15, 0.2) is 11.6 Å². The largest absolute Gasteiger partial charge is 0.479 e. The SMILES string of the molecule is CCCCOC(=O)C(N)(CCc1cc(F)c(F)cc1F)C(=O)O. The zero-order chi connectivity index (χ0) is 17.6. The summed E-state index contributed by atoms with van der Waals surface area (Å²) in [5.41, 5.74) is 2.91. The highest BCUT2D eigenvalue weighted by atomic mass is 19.2. The second-order valence-electron chi connectivity index (χ2n) is 5.12. The van der Waals surface area contributed by atoms with Gasteiger partial charge in [0.05, 0.1) is 6.61 Å². The van der Waals surface area contributed by atoms with Crippen molar-refractivity contribution in [2.24, 2.45) is 5.73 Å². The van der Waals surface area contributed by atoms with Crippen LogP contribution in [0.5, 0.6) is 0 Å². The summed E-state index contributed by atoms with van der Waals surface area (Å²) in [7, 11) is 0. The Morgan fingerprint density at radius 2 is 1.83 bits per heavy atom. The number of unbranched alkanes of at least 4 members (excludes halogenated alkanes) is 1. The summed E-state index contributed by atoms with van der Waals surface area (Å²) in [6, 6.07) is 0.957. The molecule has 128 valence electrons. The minimum Gasteiger partial charge on any atom is -0.479 e. The Hall–Kier alpha value is -2.09. The molecule has 0 aliphatic heterocycles. The maximum Gasteiger partial charge on any atom is 0.337 e. The fourth-order valence-electron chi connectivity index (χ4n) is 1.82. The lowest BCUT2D eigenvalue weighted by Gasteiger charge is -2.22. The van der Waals surface area contributed by atoms with Crippen LogP contribution >= 0.6 is 0 Å². The summed E-state index contributed by atoms with van der Waals surface area (Å²) in [4.78, 5) is 23.1. The Kier molecular flexibility index (Phi) is 6.56. The maximum atomic E-state index is 13.5. The second kappa shape index (κ2) is 7.96. The smallest absolute Gasteiger partial charge is 0.337 e. The number of ether oxygens (including phenoxy) is 1. The highest BCUT2D eigenvalue weighted by Crippen LogP contribution is 2.19. The summed E-state index contributed by atoms with van der Waals surface area (Å²) >= 11 is 0. The lowest BCUT2D eigenvalue weighted by molar-refractivity contribution is -0.161. The first-order chi connectivity index (χ1) is 10.7. The van der Waals surface area contributed by atoms with E-state index in [0.29, 0.717) is 18.6 Å². The topological polar surface area (TPSA) is 89.6 Å². The van der Waals surface area contributed by atoms with Crippen molar-refractivity contribution in [3.63, 3.8) is 0 Å². The summed E-state index contributed by atoms with van der Waals surface area (Å²) in [6.07, 6.45) is 0.390. The lowest BCUT2D eigenvalue weighted by Crippen LogP contribution is -2.56. The Labute approximate surface area is 131 Å². The number of carbonyl (C=O) groups excluding carboxylic acids is 1. The van der Waals surface area contributed by atoms with E-state index >= 15 is 0 Å². The number of aryl methyl sites for hydroxylation is 1. The van der Waals surface area contributed by atoms with Crippen molar-refractivity contribution in [3.8, 4) is 0 Å². The third-order valence-corrected chi connectivity index (χ3v) is 3.35. The number of hydrogen-bond acceptors (Lipinski definition) is 4. The highest BCUT2D eigenvalue weighted by molar-refractivity contribution is 6.03. The summed E-state index contributed by atoms with van der Waals surface area (Å²) < 4.78 is 44.3. The zero-order valence-electron chi connectivity index (χ0n) is 12.6. The minimum atomic E-state index is -2.38. The molecule has 1 aromatic carbocycles. The number of carbonyl (C=O) groups is 2. The van der Waals surface area contributed by atoms with Crippen LogP contribution in [-0.2, 0) is 20.7 Å². The molecule has 1 aromatic rings. The number of esters is 1. The Morgan fingerprint density at radius 3 is 2.39 bits per heavy atom. The number of halogens is 3. The minimum absolute atomic E-state index is 0.0150. The van der Waals surface area contributed by atoms with Gasteiger partial charge in [0, 0.05) is 6.07 Å². The third-order valence-electron chi connectivity index (χ3n) is 3.35. The molecule has 0 saturated carbocycles. The van der Waals surface area contributed by atoms with Crippen LogP contribution < -0.4 is 5.73 Å². The van der Waals surface area contributed by atoms with Crippen LogP contribution in [-0.4, -0.2) is 29.2 Å². The van der Waals surface area contributed by atoms with Gasteiger partial charge in [0.1, 0.15) is 5.82 Å². The monoisotopic (exact) mass is 333 g/mol. The quantitative estimate of drug-likeness (QED) is 0.329. The Morgan fingerprint density at radius 1 is 1.22 bits per heavy atom. The fourth-order valence-corrected chi connectivity index (χ4v) is 1.82. The van der Waals surface area contributed by atoms with Crippen LogP contribution in [0.15, 0.2) is 12.1 Å². The third kappa shape index (κ3) is 4.69. The summed E-state index contributed by atoms with van der Waals surface area (Å²) in [5, 5.41) is 9.15. The van der Waals surface area contributed by atoms with E-state index in [1.54, 1.807) is 0 Å². The normalized spacial score (nSPS) is 13.4. The summed E-state index contributed by atoms with van der Waals surface area (Å²) in [6.45, 7) is 1.87. The van der Waals surface area contributed by atoms with Crippen LogP contribution in [0.3, 0.4) is 0 Å². The number of aliphatic carboxylic acids is 1. The molecule has 0 fully saturated rings. The van der Waals surface area contributed by atoms with Gasteiger partial charge in [-0.15, -0.1) is 0 Å². The van der Waals surface area contributed by atoms with Crippen molar-refractivity contribution in [2.45, 2.75) is 38.1 Å². The van der Waals surface area contributed by atoms with E-state index in [1.807, 2.05) is 6.92 Å². The predicted molar refractivity (Wildman–Crippen MR) is 75.1 cm³/mol. The maximum absolute atomic E-state index is 13.5. The van der Waals surface area contributed by atoms with Gasteiger partial charge in [-0.1, -0.05) is 13.3 Å². The van der Waals surface area contributed by atoms with Gasteiger partial charge >= 0.3 is 11.9 Å². The molecule has 0 aliphatic rings. The van der Waals surface area contributed by atoms with E-state index in [2.05, 4.69) is 0 Å². The van der Waals surface area contributed by atoms with E-state index in [9.17, 15) is 22.8 Å². The molecule has 0 amide bonds. The number of nitrogens with two attached hydrogens (primary N) is 1. The number of carboxylic acid groups (broad SMARTS) is 1. The Bertz CT molecular complexity index is 594. The number of carboxylic acids is 1. The van der Waals surface area contributed by atoms with E-state index in [-0.39, 0.29) is 18.6 Å². The lowest BCUT2D eigenvalue weighted by atomic mass is 9.92. The molecule has 0 bridgehead atoms. The molecular weight excluding hydrogens is 315 g/mol. The average molecular weight is 333 g/mol. The first-order valence-corrected chi connectivity index (χ1v) is 7.05. The molecule has 0 radical (unpaired) electrons. The summed E-state index contributed by atoms with van der Waals surface area (Å²) in [5.74, 6) is -6.47. The second-order valence-corrected chi connectivity index (χ2v) is 5.12. The molecule has 1 unspecified atom stereocenters. The van der Waals surface area contributed by atoms with Crippen LogP contribution in [0.1, 0.15) is 31.7 Å². The zero-order valence-corrected chi connectivity index (χ0v) is 12.6. The average Bonchev–Trinajstić information content (AvgIpc) is 2.49. The van der Waals surface area contributed by atoms with Gasteiger partial charge in [-0.3, -0.25) is 0 Å². The molecule has 5 nitrogen and oxygen atoms in total. The van der Waals surface area contributed by atoms with Gasteiger partial charge < -0.3 is 15.6 Å². The van der Waals surface area contributed by atoms with Crippen LogP contribution in [0.25, 0.3) is 0 Å².